The molecule has 1 nitrogen and oxygen atoms in total. The van der Waals surface area contributed by atoms with E-state index in [1.807, 2.05) is 11.8 Å². The van der Waals surface area contributed by atoms with Crippen molar-refractivity contribution in [1.82, 2.24) is 4.98 Å². The summed E-state index contributed by atoms with van der Waals surface area (Å²) in [6.07, 6.45) is 4.46. The van der Waals surface area contributed by atoms with Gasteiger partial charge in [0, 0.05) is 31.6 Å². The summed E-state index contributed by atoms with van der Waals surface area (Å²) < 4.78 is 0. The Morgan fingerprint density at radius 1 is 0.682 bits per heavy atom. The number of rotatable bonds is 0. The monoisotopic (exact) mass is 299 g/mol. The molecule has 1 aliphatic rings. The van der Waals surface area contributed by atoms with Crippen LogP contribution in [-0.2, 0) is 0 Å². The Morgan fingerprint density at radius 3 is 2.55 bits per heavy atom. The molecule has 5 rings (SSSR count). The molecule has 2 heterocycles. The highest BCUT2D eigenvalue weighted by atomic mass is 32.2. The lowest BCUT2D eigenvalue weighted by molar-refractivity contribution is 1.39. The fourth-order valence-electron chi connectivity index (χ4n) is 3.18. The third kappa shape index (κ3) is 1.68. The van der Waals surface area contributed by atoms with Gasteiger partial charge in [-0.3, -0.25) is 0 Å². The number of para-hydroxylation sites is 1. The van der Waals surface area contributed by atoms with E-state index in [4.69, 9.17) is 0 Å². The molecule has 1 aliphatic heterocycles. The van der Waals surface area contributed by atoms with Gasteiger partial charge in [-0.15, -0.1) is 0 Å². The van der Waals surface area contributed by atoms with Gasteiger partial charge in [-0.2, -0.15) is 0 Å². The molecule has 0 fully saturated rings. The maximum atomic E-state index is 3.60. The number of H-pyrrole nitrogens is 1. The predicted octanol–water partition coefficient (Wildman–Crippen LogP) is 5.96. The average Bonchev–Trinajstić information content (AvgIpc) is 2.82. The minimum Gasteiger partial charge on any atom is -0.354 e. The number of aromatic amines is 1. The van der Waals surface area contributed by atoms with Crippen LogP contribution in [0.2, 0.25) is 0 Å². The van der Waals surface area contributed by atoms with E-state index in [2.05, 4.69) is 77.8 Å². The van der Waals surface area contributed by atoms with Gasteiger partial charge in [0.1, 0.15) is 0 Å². The second-order valence-corrected chi connectivity index (χ2v) is 6.63. The van der Waals surface area contributed by atoms with E-state index in [-0.39, 0.29) is 0 Å². The summed E-state index contributed by atoms with van der Waals surface area (Å²) in [4.78, 5) is 6.21. The molecule has 0 unspecified atom stereocenters. The first-order valence-electron chi connectivity index (χ1n) is 7.38. The molecule has 0 bridgehead atoms. The maximum Gasteiger partial charge on any atom is 0.0549 e. The summed E-state index contributed by atoms with van der Waals surface area (Å²) in [5.41, 5.74) is 5.00. The lowest BCUT2D eigenvalue weighted by Crippen LogP contribution is -1.81. The number of nitrogens with one attached hydrogen (secondary N) is 1. The molecule has 2 heteroatoms. The Balaban J connectivity index is 1.85. The van der Waals surface area contributed by atoms with Crippen molar-refractivity contribution in [1.29, 1.82) is 0 Å². The minimum absolute atomic E-state index is 1.20. The third-order valence-corrected chi connectivity index (χ3v) is 5.42. The lowest BCUT2D eigenvalue weighted by Gasteiger charge is -2.06. The van der Waals surface area contributed by atoms with Crippen LogP contribution in [0.15, 0.2) is 70.5 Å². The molecule has 0 atom stereocenters. The lowest BCUT2D eigenvalue weighted by atomic mass is 10.1. The molecular formula is C20H13NS. The fourth-order valence-corrected chi connectivity index (χ4v) is 4.23. The van der Waals surface area contributed by atoms with Gasteiger partial charge in [0.2, 0.25) is 0 Å². The minimum atomic E-state index is 1.20. The fraction of sp³-hybridized carbons (Fsp3) is 0. The van der Waals surface area contributed by atoms with Crippen molar-refractivity contribution in [2.75, 3.05) is 0 Å². The van der Waals surface area contributed by atoms with E-state index in [1.54, 1.807) is 0 Å². The molecule has 1 aromatic heterocycles. The van der Waals surface area contributed by atoms with Crippen LogP contribution in [0.5, 0.6) is 0 Å². The van der Waals surface area contributed by atoms with E-state index in [9.17, 15) is 0 Å². The van der Waals surface area contributed by atoms with Crippen molar-refractivity contribution in [2.45, 2.75) is 9.79 Å². The molecule has 4 aromatic rings. The average molecular weight is 299 g/mol. The van der Waals surface area contributed by atoms with E-state index >= 15 is 0 Å². The molecule has 3 aromatic carbocycles. The van der Waals surface area contributed by atoms with E-state index in [1.165, 1.54) is 42.7 Å². The molecule has 0 spiro atoms. The summed E-state index contributed by atoms with van der Waals surface area (Å²) in [6.45, 7) is 0. The first-order chi connectivity index (χ1) is 10.9. The summed E-state index contributed by atoms with van der Waals surface area (Å²) >= 11 is 1.85. The van der Waals surface area contributed by atoms with Crippen molar-refractivity contribution in [3.8, 4) is 0 Å². The largest absolute Gasteiger partial charge is 0.354 e. The first-order valence-corrected chi connectivity index (χ1v) is 8.20. The molecule has 0 saturated heterocycles. The van der Waals surface area contributed by atoms with Gasteiger partial charge < -0.3 is 4.98 Å². The zero-order valence-corrected chi connectivity index (χ0v) is 12.7. The molecule has 0 amide bonds. The van der Waals surface area contributed by atoms with Crippen LogP contribution in [0.3, 0.4) is 0 Å². The standard InChI is InChI=1S/C20H13NS/c1-4-8-18-13(5-1)9-10-16-19(22-18)12-11-15-14-6-2-3-7-17(14)21-20(15)16/h1-12,21H. The quantitative estimate of drug-likeness (QED) is 0.373. The Kier molecular flexibility index (Phi) is 2.49. The normalized spacial score (nSPS) is 13.1. The van der Waals surface area contributed by atoms with Crippen molar-refractivity contribution < 1.29 is 0 Å². The van der Waals surface area contributed by atoms with Crippen molar-refractivity contribution in [3.05, 3.63) is 71.8 Å². The zero-order chi connectivity index (χ0) is 14.5. The van der Waals surface area contributed by atoms with Gasteiger partial charge >= 0.3 is 0 Å². The number of benzene rings is 3. The van der Waals surface area contributed by atoms with E-state index in [0.717, 1.165) is 0 Å². The van der Waals surface area contributed by atoms with Gasteiger partial charge in [-0.05, 0) is 23.8 Å². The van der Waals surface area contributed by atoms with Crippen LogP contribution in [0, 0.1) is 0 Å². The Hall–Kier alpha value is -2.45. The number of hydrogen-bond acceptors (Lipinski definition) is 1. The highest BCUT2D eigenvalue weighted by Gasteiger charge is 2.14. The van der Waals surface area contributed by atoms with Crippen LogP contribution in [0.4, 0.5) is 0 Å². The van der Waals surface area contributed by atoms with Crippen LogP contribution >= 0.6 is 11.8 Å². The summed E-state index contributed by atoms with van der Waals surface area (Å²) in [7, 11) is 0. The zero-order valence-electron chi connectivity index (χ0n) is 11.8. The molecule has 1 N–H and O–H groups in total. The Morgan fingerprint density at radius 2 is 1.55 bits per heavy atom. The summed E-state index contributed by atoms with van der Waals surface area (Å²) in [6, 6.07) is 21.6. The van der Waals surface area contributed by atoms with Crippen molar-refractivity contribution in [2.24, 2.45) is 0 Å². The topological polar surface area (TPSA) is 15.8 Å². The molecule has 0 saturated carbocycles. The van der Waals surface area contributed by atoms with Crippen molar-refractivity contribution >= 4 is 45.7 Å². The van der Waals surface area contributed by atoms with Gasteiger partial charge in [-0.25, -0.2) is 0 Å². The van der Waals surface area contributed by atoms with Crippen molar-refractivity contribution in [3.63, 3.8) is 0 Å². The van der Waals surface area contributed by atoms with E-state index < -0.39 is 0 Å². The molecule has 22 heavy (non-hydrogen) atoms. The van der Waals surface area contributed by atoms with Crippen LogP contribution < -0.4 is 0 Å². The van der Waals surface area contributed by atoms with Gasteiger partial charge in [0.25, 0.3) is 0 Å². The van der Waals surface area contributed by atoms with E-state index in [0.29, 0.717) is 0 Å². The molecular weight excluding hydrogens is 286 g/mol. The van der Waals surface area contributed by atoms with Gasteiger partial charge in [0.15, 0.2) is 0 Å². The second-order valence-electron chi connectivity index (χ2n) is 5.54. The van der Waals surface area contributed by atoms with Crippen LogP contribution in [0.1, 0.15) is 11.1 Å². The summed E-state index contributed by atoms with van der Waals surface area (Å²) in [5.74, 6) is 0. The molecule has 104 valence electrons. The van der Waals surface area contributed by atoms with Crippen LogP contribution in [0.25, 0.3) is 34.0 Å². The predicted molar refractivity (Wildman–Crippen MR) is 95.3 cm³/mol. The highest BCUT2D eigenvalue weighted by molar-refractivity contribution is 7.99. The maximum absolute atomic E-state index is 3.60. The van der Waals surface area contributed by atoms with Gasteiger partial charge in [-0.1, -0.05) is 66.4 Å². The third-order valence-electron chi connectivity index (χ3n) is 4.25. The van der Waals surface area contributed by atoms with Crippen LogP contribution in [-0.4, -0.2) is 4.98 Å². The first kappa shape index (κ1) is 12.1. The smallest absolute Gasteiger partial charge is 0.0549 e. The number of fused-ring (bicyclic) bond motifs is 6. The second kappa shape index (κ2) is 4.52. The summed E-state index contributed by atoms with van der Waals surface area (Å²) in [5, 5.41) is 2.59. The molecule has 0 aliphatic carbocycles. The Labute approximate surface area is 132 Å². The number of hydrogen-bond donors (Lipinski definition) is 1. The highest BCUT2D eigenvalue weighted by Crippen LogP contribution is 2.41. The number of aromatic nitrogens is 1. The molecule has 0 radical (unpaired) electrons. The van der Waals surface area contributed by atoms with Gasteiger partial charge in [0.05, 0.1) is 5.52 Å². The Bertz CT molecular complexity index is 1060. The SMILES string of the molecule is C1=Cc2c(ccc3c2[nH]c2ccccc23)Sc2ccccc21.